The van der Waals surface area contributed by atoms with Crippen molar-refractivity contribution in [1.82, 2.24) is 9.97 Å². The lowest BCUT2D eigenvalue weighted by atomic mass is 10.2. The van der Waals surface area contributed by atoms with E-state index in [1.807, 2.05) is 0 Å². The second-order valence-corrected chi connectivity index (χ2v) is 6.79. The number of nitrogens with one attached hydrogen (secondary N) is 1. The molecule has 25 heavy (non-hydrogen) atoms. The summed E-state index contributed by atoms with van der Waals surface area (Å²) in [5.74, 6) is -0.801. The largest absolute Gasteiger partial charge is 0.495 e. The van der Waals surface area contributed by atoms with E-state index in [0.29, 0.717) is 0 Å². The first-order valence-electron chi connectivity index (χ1n) is 7.26. The molecule has 1 N–H and O–H groups in total. The van der Waals surface area contributed by atoms with Gasteiger partial charge in [0, 0.05) is 25.2 Å². The number of anilines is 2. The van der Waals surface area contributed by atoms with Crippen LogP contribution in [0.15, 0.2) is 41.6 Å². The van der Waals surface area contributed by atoms with Crippen molar-refractivity contribution in [3.05, 3.63) is 36.7 Å². The number of nitrogens with zero attached hydrogens (tertiary/aromatic N) is 3. The maximum atomic E-state index is 12.7. The molecule has 1 fully saturated rings. The van der Waals surface area contributed by atoms with Gasteiger partial charge in [0.15, 0.2) is 0 Å². The van der Waals surface area contributed by atoms with Gasteiger partial charge in [-0.1, -0.05) is 0 Å². The molecule has 0 bridgehead atoms. The molecule has 1 aromatic heterocycles. The van der Waals surface area contributed by atoms with E-state index in [2.05, 4.69) is 14.7 Å². The van der Waals surface area contributed by atoms with E-state index in [1.165, 1.54) is 37.7 Å². The van der Waals surface area contributed by atoms with E-state index in [4.69, 9.17) is 4.74 Å². The number of benzene rings is 1. The fourth-order valence-electron chi connectivity index (χ4n) is 2.41. The molecule has 2 aromatic rings. The van der Waals surface area contributed by atoms with Gasteiger partial charge in [0.05, 0.1) is 12.8 Å². The maximum absolute atomic E-state index is 12.7. The Morgan fingerprint density at radius 2 is 1.76 bits per heavy atom. The van der Waals surface area contributed by atoms with Crippen LogP contribution in [-0.2, 0) is 19.6 Å². The Hall–Kier alpha value is -3.01. The lowest BCUT2D eigenvalue weighted by molar-refractivity contribution is -0.121. The molecule has 0 saturated carbocycles. The molecule has 2 amide bonds. The van der Waals surface area contributed by atoms with Crippen LogP contribution in [0.4, 0.5) is 11.6 Å². The number of imide groups is 1. The minimum Gasteiger partial charge on any atom is -0.495 e. The van der Waals surface area contributed by atoms with E-state index in [9.17, 15) is 18.0 Å². The molecule has 1 saturated heterocycles. The van der Waals surface area contributed by atoms with E-state index in [-0.39, 0.29) is 46.9 Å². The molecule has 10 heteroatoms. The fourth-order valence-corrected chi connectivity index (χ4v) is 3.55. The van der Waals surface area contributed by atoms with Gasteiger partial charge in [-0.25, -0.2) is 23.1 Å². The summed E-state index contributed by atoms with van der Waals surface area (Å²) in [5.41, 5.74) is 0.169. The number of carbonyl (C=O) groups is 2. The SMILES string of the molecule is COc1ccc(N2C(=O)CCC2=O)cc1S(=O)(=O)Nc1ncccn1. The van der Waals surface area contributed by atoms with Crippen molar-refractivity contribution in [2.75, 3.05) is 16.7 Å². The van der Waals surface area contributed by atoms with Gasteiger partial charge in [-0.3, -0.25) is 14.5 Å². The Kier molecular flexibility index (Phi) is 4.36. The third-order valence-electron chi connectivity index (χ3n) is 3.54. The van der Waals surface area contributed by atoms with Gasteiger partial charge >= 0.3 is 0 Å². The molecular weight excluding hydrogens is 348 g/mol. The molecule has 2 heterocycles. The smallest absolute Gasteiger partial charge is 0.267 e. The highest BCUT2D eigenvalue weighted by atomic mass is 32.2. The van der Waals surface area contributed by atoms with Gasteiger partial charge in [0.1, 0.15) is 10.6 Å². The first-order chi connectivity index (χ1) is 11.9. The minimum atomic E-state index is -4.09. The van der Waals surface area contributed by atoms with Gasteiger partial charge in [-0.05, 0) is 24.3 Å². The molecule has 0 radical (unpaired) electrons. The number of aromatic nitrogens is 2. The Labute approximate surface area is 143 Å². The Morgan fingerprint density at radius 3 is 2.36 bits per heavy atom. The van der Waals surface area contributed by atoms with E-state index in [1.54, 1.807) is 6.07 Å². The lowest BCUT2D eigenvalue weighted by Crippen LogP contribution is -2.29. The van der Waals surface area contributed by atoms with Crippen LogP contribution in [0, 0.1) is 0 Å². The number of rotatable bonds is 5. The zero-order valence-electron chi connectivity index (χ0n) is 13.2. The molecule has 0 aliphatic carbocycles. The molecule has 1 aromatic carbocycles. The number of carbonyl (C=O) groups excluding carboxylic acids is 2. The van der Waals surface area contributed by atoms with Gasteiger partial charge in [-0.15, -0.1) is 0 Å². The molecular formula is C15H14N4O5S. The normalized spacial score (nSPS) is 14.7. The molecule has 130 valence electrons. The minimum absolute atomic E-state index is 0.0614. The number of ether oxygens (including phenoxy) is 1. The average molecular weight is 362 g/mol. The first kappa shape index (κ1) is 16.8. The highest BCUT2D eigenvalue weighted by Crippen LogP contribution is 2.32. The first-order valence-corrected chi connectivity index (χ1v) is 8.74. The fraction of sp³-hybridized carbons (Fsp3) is 0.200. The molecule has 1 aliphatic rings. The maximum Gasteiger partial charge on any atom is 0.267 e. The van der Waals surface area contributed by atoms with E-state index < -0.39 is 10.0 Å². The monoisotopic (exact) mass is 362 g/mol. The van der Waals surface area contributed by atoms with Crippen molar-refractivity contribution < 1.29 is 22.7 Å². The van der Waals surface area contributed by atoms with Crippen LogP contribution in [0.3, 0.4) is 0 Å². The summed E-state index contributed by atoms with van der Waals surface area (Å²) in [6.45, 7) is 0. The number of sulfonamides is 1. The van der Waals surface area contributed by atoms with E-state index >= 15 is 0 Å². The lowest BCUT2D eigenvalue weighted by Gasteiger charge is -2.17. The molecule has 3 rings (SSSR count). The van der Waals surface area contributed by atoms with Crippen LogP contribution < -0.4 is 14.4 Å². The van der Waals surface area contributed by atoms with Crippen molar-refractivity contribution in [2.24, 2.45) is 0 Å². The third-order valence-corrected chi connectivity index (χ3v) is 4.89. The summed E-state index contributed by atoms with van der Waals surface area (Å²) < 4.78 is 32.6. The van der Waals surface area contributed by atoms with Crippen LogP contribution in [-0.4, -0.2) is 37.3 Å². The third kappa shape index (κ3) is 3.29. The van der Waals surface area contributed by atoms with Crippen LogP contribution in [0.2, 0.25) is 0 Å². The zero-order valence-corrected chi connectivity index (χ0v) is 14.0. The topological polar surface area (TPSA) is 119 Å². The number of hydrogen-bond donors (Lipinski definition) is 1. The number of methoxy groups -OCH3 is 1. The highest BCUT2D eigenvalue weighted by molar-refractivity contribution is 7.92. The summed E-state index contributed by atoms with van der Waals surface area (Å²) in [4.78, 5) is 32.1. The second-order valence-electron chi connectivity index (χ2n) is 5.14. The van der Waals surface area contributed by atoms with Crippen molar-refractivity contribution in [2.45, 2.75) is 17.7 Å². The molecule has 0 atom stereocenters. The van der Waals surface area contributed by atoms with Crippen LogP contribution in [0.5, 0.6) is 5.75 Å². The van der Waals surface area contributed by atoms with Crippen molar-refractivity contribution in [3.63, 3.8) is 0 Å². The molecule has 1 aliphatic heterocycles. The number of hydrogen-bond acceptors (Lipinski definition) is 7. The van der Waals surface area contributed by atoms with Crippen LogP contribution in [0.25, 0.3) is 0 Å². The Morgan fingerprint density at radius 1 is 1.12 bits per heavy atom. The van der Waals surface area contributed by atoms with Gasteiger partial charge in [-0.2, -0.15) is 0 Å². The van der Waals surface area contributed by atoms with Crippen molar-refractivity contribution in [3.8, 4) is 5.75 Å². The molecule has 0 unspecified atom stereocenters. The summed E-state index contributed by atoms with van der Waals surface area (Å²) in [6.07, 6.45) is 2.98. The van der Waals surface area contributed by atoms with Crippen LogP contribution in [0.1, 0.15) is 12.8 Å². The molecule has 0 spiro atoms. The summed E-state index contributed by atoms with van der Waals surface area (Å²) >= 11 is 0. The summed E-state index contributed by atoms with van der Waals surface area (Å²) in [5, 5.41) is 0. The zero-order chi connectivity index (χ0) is 18.0. The second kappa shape index (κ2) is 6.48. The quantitative estimate of drug-likeness (QED) is 0.786. The van der Waals surface area contributed by atoms with Crippen LogP contribution >= 0.6 is 0 Å². The Balaban J connectivity index is 2.03. The summed E-state index contributed by atoms with van der Waals surface area (Å²) in [6, 6.07) is 5.60. The van der Waals surface area contributed by atoms with Gasteiger partial charge in [0.25, 0.3) is 10.0 Å². The Bertz CT molecular complexity index is 914. The van der Waals surface area contributed by atoms with E-state index in [0.717, 1.165) is 4.90 Å². The number of amides is 2. The van der Waals surface area contributed by atoms with Gasteiger partial charge < -0.3 is 4.74 Å². The predicted molar refractivity (Wildman–Crippen MR) is 87.6 cm³/mol. The predicted octanol–water partition coefficient (Wildman–Crippen LogP) is 0.939. The average Bonchev–Trinajstić information content (AvgIpc) is 2.93. The van der Waals surface area contributed by atoms with Gasteiger partial charge in [0.2, 0.25) is 17.8 Å². The van der Waals surface area contributed by atoms with Crippen molar-refractivity contribution in [1.29, 1.82) is 0 Å². The standard InChI is InChI=1S/C15H14N4O5S/c1-24-11-4-3-10(19-13(20)5-6-14(19)21)9-12(11)25(22,23)18-15-16-7-2-8-17-15/h2-4,7-9H,5-6H2,1H3,(H,16,17,18). The van der Waals surface area contributed by atoms with Crippen molar-refractivity contribution >= 4 is 33.5 Å². The summed E-state index contributed by atoms with van der Waals surface area (Å²) in [7, 11) is -2.77. The highest BCUT2D eigenvalue weighted by Gasteiger charge is 2.32. The molecule has 9 nitrogen and oxygen atoms in total.